The standard InChI is InChI=1S/C25H28N4O2/c1-16-4-5-19(24(30)28-21-8-9-21)13-22(16)18-7-6-17-14-23(27-15-20(17)12-18)25(31)26-10-11-29(2)3/h4-7,12-15,21H,8-11H2,1-3H3,(H,26,31)(H,28,30). The molecule has 6 heteroatoms. The molecule has 0 spiro atoms. The summed E-state index contributed by atoms with van der Waals surface area (Å²) in [6, 6.07) is 14.0. The second-order valence-electron chi connectivity index (χ2n) is 8.47. The van der Waals surface area contributed by atoms with Crippen molar-refractivity contribution < 1.29 is 9.59 Å². The summed E-state index contributed by atoms with van der Waals surface area (Å²) >= 11 is 0. The molecule has 4 rings (SSSR count). The fourth-order valence-electron chi connectivity index (χ4n) is 3.49. The summed E-state index contributed by atoms with van der Waals surface area (Å²) in [5.41, 5.74) is 4.24. The zero-order valence-corrected chi connectivity index (χ0v) is 18.2. The van der Waals surface area contributed by atoms with Crippen LogP contribution in [0.4, 0.5) is 0 Å². The molecule has 1 aliphatic rings. The monoisotopic (exact) mass is 416 g/mol. The van der Waals surface area contributed by atoms with E-state index < -0.39 is 0 Å². The Morgan fingerprint density at radius 3 is 2.58 bits per heavy atom. The molecule has 2 N–H and O–H groups in total. The normalized spacial score (nSPS) is 13.4. The minimum atomic E-state index is -0.168. The first-order valence-electron chi connectivity index (χ1n) is 10.7. The van der Waals surface area contributed by atoms with Gasteiger partial charge >= 0.3 is 0 Å². The summed E-state index contributed by atoms with van der Waals surface area (Å²) in [6.45, 7) is 3.40. The van der Waals surface area contributed by atoms with E-state index in [2.05, 4.69) is 21.7 Å². The van der Waals surface area contributed by atoms with Crippen LogP contribution in [0.15, 0.2) is 48.7 Å². The van der Waals surface area contributed by atoms with E-state index in [1.54, 1.807) is 6.20 Å². The summed E-state index contributed by atoms with van der Waals surface area (Å²) < 4.78 is 0. The number of fused-ring (bicyclic) bond motifs is 1. The number of nitrogens with zero attached hydrogens (tertiary/aromatic N) is 2. The van der Waals surface area contributed by atoms with Crippen molar-refractivity contribution in [3.05, 3.63) is 65.5 Å². The molecular formula is C25H28N4O2. The van der Waals surface area contributed by atoms with E-state index in [1.165, 1.54) is 0 Å². The molecule has 0 aliphatic heterocycles. The van der Waals surface area contributed by atoms with Gasteiger partial charge < -0.3 is 15.5 Å². The lowest BCUT2D eigenvalue weighted by molar-refractivity contribution is 0.0940. The third kappa shape index (κ3) is 5.09. The fourth-order valence-corrected chi connectivity index (χ4v) is 3.49. The number of benzene rings is 2. The molecule has 1 fully saturated rings. The van der Waals surface area contributed by atoms with Gasteiger partial charge in [0.15, 0.2) is 0 Å². The van der Waals surface area contributed by atoms with Gasteiger partial charge in [-0.2, -0.15) is 0 Å². The van der Waals surface area contributed by atoms with Crippen LogP contribution in [0.25, 0.3) is 21.9 Å². The van der Waals surface area contributed by atoms with Gasteiger partial charge in [0.1, 0.15) is 5.69 Å². The van der Waals surface area contributed by atoms with Gasteiger partial charge in [-0.25, -0.2) is 0 Å². The van der Waals surface area contributed by atoms with Gasteiger partial charge in [-0.05, 0) is 80.2 Å². The van der Waals surface area contributed by atoms with E-state index in [4.69, 9.17) is 0 Å². The lowest BCUT2D eigenvalue weighted by Gasteiger charge is -2.12. The Balaban J connectivity index is 1.56. The van der Waals surface area contributed by atoms with Gasteiger partial charge in [-0.1, -0.05) is 18.2 Å². The molecule has 160 valence electrons. The minimum absolute atomic E-state index is 0.0175. The van der Waals surface area contributed by atoms with E-state index in [-0.39, 0.29) is 11.8 Å². The Labute approximate surface area is 182 Å². The van der Waals surface area contributed by atoms with Crippen molar-refractivity contribution in [1.29, 1.82) is 0 Å². The molecule has 1 aromatic heterocycles. The van der Waals surface area contributed by atoms with Crippen LogP contribution in [0.5, 0.6) is 0 Å². The van der Waals surface area contributed by atoms with Crippen LogP contribution in [0.3, 0.4) is 0 Å². The van der Waals surface area contributed by atoms with Crippen molar-refractivity contribution >= 4 is 22.6 Å². The van der Waals surface area contributed by atoms with Crippen molar-refractivity contribution in [3.8, 4) is 11.1 Å². The minimum Gasteiger partial charge on any atom is -0.349 e. The summed E-state index contributed by atoms with van der Waals surface area (Å²) in [7, 11) is 3.93. The van der Waals surface area contributed by atoms with Gasteiger partial charge in [0.2, 0.25) is 0 Å². The average Bonchev–Trinajstić information content (AvgIpc) is 3.57. The topological polar surface area (TPSA) is 74.3 Å². The van der Waals surface area contributed by atoms with Gasteiger partial charge in [0.25, 0.3) is 11.8 Å². The predicted octanol–water partition coefficient (Wildman–Crippen LogP) is 3.39. The van der Waals surface area contributed by atoms with E-state index in [0.717, 1.165) is 46.8 Å². The number of hydrogen-bond acceptors (Lipinski definition) is 4. The number of pyridine rings is 1. The molecule has 1 aliphatic carbocycles. The molecule has 0 unspecified atom stereocenters. The number of rotatable bonds is 7. The van der Waals surface area contributed by atoms with E-state index in [1.807, 2.05) is 62.3 Å². The lowest BCUT2D eigenvalue weighted by atomic mass is 9.96. The fraction of sp³-hybridized carbons (Fsp3) is 0.320. The molecule has 1 heterocycles. The zero-order valence-electron chi connectivity index (χ0n) is 18.2. The van der Waals surface area contributed by atoms with Crippen molar-refractivity contribution in [1.82, 2.24) is 20.5 Å². The maximum absolute atomic E-state index is 12.5. The highest BCUT2D eigenvalue weighted by Crippen LogP contribution is 2.28. The first-order chi connectivity index (χ1) is 14.9. The number of nitrogens with one attached hydrogen (secondary N) is 2. The average molecular weight is 417 g/mol. The van der Waals surface area contributed by atoms with Crippen LogP contribution in [0.2, 0.25) is 0 Å². The molecule has 31 heavy (non-hydrogen) atoms. The Morgan fingerprint density at radius 2 is 1.84 bits per heavy atom. The number of carbonyl (C=O) groups excluding carboxylic acids is 2. The zero-order chi connectivity index (χ0) is 22.0. The molecule has 0 atom stereocenters. The maximum atomic E-state index is 12.5. The summed E-state index contributed by atoms with van der Waals surface area (Å²) in [6.07, 6.45) is 3.87. The van der Waals surface area contributed by atoms with Crippen LogP contribution in [0, 0.1) is 6.92 Å². The second kappa shape index (κ2) is 8.86. The maximum Gasteiger partial charge on any atom is 0.269 e. The van der Waals surface area contributed by atoms with Gasteiger partial charge in [-0.15, -0.1) is 0 Å². The molecule has 2 amide bonds. The Bertz CT molecular complexity index is 1140. The van der Waals surface area contributed by atoms with Crippen LogP contribution in [-0.2, 0) is 0 Å². The largest absolute Gasteiger partial charge is 0.349 e. The van der Waals surface area contributed by atoms with Crippen LogP contribution >= 0.6 is 0 Å². The SMILES string of the molecule is Cc1ccc(C(=O)NC2CC2)cc1-c1ccc2cc(C(=O)NCCN(C)C)ncc2c1. The first kappa shape index (κ1) is 21.0. The molecule has 2 aromatic carbocycles. The van der Waals surface area contributed by atoms with Crippen molar-refractivity contribution in [3.63, 3.8) is 0 Å². The predicted molar refractivity (Wildman–Crippen MR) is 123 cm³/mol. The van der Waals surface area contributed by atoms with Gasteiger partial charge in [0, 0.05) is 36.3 Å². The van der Waals surface area contributed by atoms with Crippen molar-refractivity contribution in [2.24, 2.45) is 0 Å². The van der Waals surface area contributed by atoms with Crippen molar-refractivity contribution in [2.45, 2.75) is 25.8 Å². The molecule has 1 saturated carbocycles. The van der Waals surface area contributed by atoms with E-state index >= 15 is 0 Å². The Kier molecular flexibility index (Phi) is 6.00. The highest BCUT2D eigenvalue weighted by Gasteiger charge is 2.24. The molecule has 0 saturated heterocycles. The molecule has 6 nitrogen and oxygen atoms in total. The van der Waals surface area contributed by atoms with Gasteiger partial charge in [-0.3, -0.25) is 14.6 Å². The molecular weight excluding hydrogens is 388 g/mol. The Hall–Kier alpha value is -3.25. The summed E-state index contributed by atoms with van der Waals surface area (Å²) in [4.78, 5) is 31.2. The van der Waals surface area contributed by atoms with Crippen LogP contribution < -0.4 is 10.6 Å². The molecule has 0 radical (unpaired) electrons. The highest BCUT2D eigenvalue weighted by atomic mass is 16.2. The third-order valence-electron chi connectivity index (χ3n) is 5.52. The van der Waals surface area contributed by atoms with Crippen LogP contribution in [0.1, 0.15) is 39.3 Å². The Morgan fingerprint density at radius 1 is 1.03 bits per heavy atom. The number of hydrogen-bond donors (Lipinski definition) is 2. The number of aromatic nitrogens is 1. The summed E-state index contributed by atoms with van der Waals surface area (Å²) in [5, 5.41) is 7.85. The molecule has 3 aromatic rings. The van der Waals surface area contributed by atoms with E-state index in [0.29, 0.717) is 23.8 Å². The van der Waals surface area contributed by atoms with Gasteiger partial charge in [0.05, 0.1) is 0 Å². The van der Waals surface area contributed by atoms with Crippen LogP contribution in [-0.4, -0.2) is 54.9 Å². The first-order valence-corrected chi connectivity index (χ1v) is 10.7. The summed E-state index contributed by atoms with van der Waals surface area (Å²) in [5.74, 6) is -0.186. The number of amides is 2. The van der Waals surface area contributed by atoms with Crippen molar-refractivity contribution in [2.75, 3.05) is 27.2 Å². The second-order valence-corrected chi connectivity index (χ2v) is 8.47. The number of likely N-dealkylation sites (N-methyl/N-ethyl adjacent to an activating group) is 1. The number of aryl methyl sites for hydroxylation is 1. The quantitative estimate of drug-likeness (QED) is 0.619. The highest BCUT2D eigenvalue weighted by molar-refractivity contribution is 5.98. The molecule has 0 bridgehead atoms. The number of carbonyl (C=O) groups is 2. The smallest absolute Gasteiger partial charge is 0.269 e. The third-order valence-corrected chi connectivity index (χ3v) is 5.52. The van der Waals surface area contributed by atoms with E-state index in [9.17, 15) is 9.59 Å². The lowest BCUT2D eigenvalue weighted by Crippen LogP contribution is -2.31.